The van der Waals surface area contributed by atoms with E-state index in [1.165, 1.54) is 0 Å². The van der Waals surface area contributed by atoms with E-state index in [0.29, 0.717) is 11.8 Å². The van der Waals surface area contributed by atoms with Gasteiger partial charge in [0.05, 0.1) is 17.4 Å². The van der Waals surface area contributed by atoms with E-state index in [1.807, 2.05) is 60.8 Å². The zero-order chi connectivity index (χ0) is 22.5. The molecule has 164 valence electrons. The summed E-state index contributed by atoms with van der Waals surface area (Å²) in [6, 6.07) is 24.0. The summed E-state index contributed by atoms with van der Waals surface area (Å²) in [6.07, 6.45) is 6.42. The summed E-state index contributed by atoms with van der Waals surface area (Å²) in [5.41, 5.74) is 5.69. The van der Waals surface area contributed by atoms with Crippen LogP contribution in [0.15, 0.2) is 90.2 Å². The van der Waals surface area contributed by atoms with Crippen molar-refractivity contribution in [2.45, 2.75) is 31.8 Å². The van der Waals surface area contributed by atoms with Crippen LogP contribution in [0, 0.1) is 0 Å². The number of aliphatic imine (C=N–C) groups is 1. The molecule has 1 aliphatic rings. The minimum atomic E-state index is -0.240. The van der Waals surface area contributed by atoms with Crippen LogP contribution in [0.5, 0.6) is 0 Å². The van der Waals surface area contributed by atoms with Gasteiger partial charge in [-0.3, -0.25) is 4.98 Å². The van der Waals surface area contributed by atoms with Crippen LogP contribution in [0.3, 0.4) is 0 Å². The Kier molecular flexibility index (Phi) is 6.17. The zero-order valence-corrected chi connectivity index (χ0v) is 18.2. The second kappa shape index (κ2) is 9.71. The van der Waals surface area contributed by atoms with Crippen molar-refractivity contribution in [1.82, 2.24) is 15.0 Å². The molecule has 33 heavy (non-hydrogen) atoms. The molecule has 0 radical (unpaired) electrons. The predicted octanol–water partition coefficient (Wildman–Crippen LogP) is 5.96. The minimum absolute atomic E-state index is 0.240. The van der Waals surface area contributed by atoms with Crippen molar-refractivity contribution < 1.29 is 5.11 Å². The average Bonchev–Trinajstić information content (AvgIpc) is 2.87. The SMILES string of the molecule is OC1CCC(=Nc2nc(Nc3ccccc3)ncc2-c2ccc(-c3ccccc3)cn2)CC1. The Balaban J connectivity index is 1.49. The van der Waals surface area contributed by atoms with Crippen LogP contribution in [0.25, 0.3) is 22.4 Å². The molecule has 1 aliphatic carbocycles. The smallest absolute Gasteiger partial charge is 0.229 e. The quantitative estimate of drug-likeness (QED) is 0.404. The first-order chi connectivity index (χ1) is 16.2. The maximum absolute atomic E-state index is 9.85. The Morgan fingerprint density at radius 2 is 1.52 bits per heavy atom. The monoisotopic (exact) mass is 435 g/mol. The van der Waals surface area contributed by atoms with E-state index in [2.05, 4.69) is 28.5 Å². The van der Waals surface area contributed by atoms with Gasteiger partial charge in [-0.25, -0.2) is 9.98 Å². The predicted molar refractivity (Wildman–Crippen MR) is 132 cm³/mol. The molecule has 0 spiro atoms. The average molecular weight is 436 g/mol. The van der Waals surface area contributed by atoms with Gasteiger partial charge < -0.3 is 10.4 Å². The maximum Gasteiger partial charge on any atom is 0.229 e. The summed E-state index contributed by atoms with van der Waals surface area (Å²) in [5.74, 6) is 1.08. The third kappa shape index (κ3) is 5.13. The van der Waals surface area contributed by atoms with E-state index < -0.39 is 0 Å². The minimum Gasteiger partial charge on any atom is -0.393 e. The van der Waals surface area contributed by atoms with Gasteiger partial charge in [0.1, 0.15) is 0 Å². The van der Waals surface area contributed by atoms with Crippen LogP contribution in [0.1, 0.15) is 25.7 Å². The maximum atomic E-state index is 9.85. The number of benzene rings is 2. The highest BCUT2D eigenvalue weighted by Gasteiger charge is 2.17. The van der Waals surface area contributed by atoms with Crippen molar-refractivity contribution in [3.63, 3.8) is 0 Å². The lowest BCUT2D eigenvalue weighted by Crippen LogP contribution is -2.17. The summed E-state index contributed by atoms with van der Waals surface area (Å²) >= 11 is 0. The first-order valence-electron chi connectivity index (χ1n) is 11.2. The normalized spacial score (nSPS) is 15.8. The largest absolute Gasteiger partial charge is 0.393 e. The summed E-state index contributed by atoms with van der Waals surface area (Å²) in [4.78, 5) is 18.8. The van der Waals surface area contributed by atoms with E-state index in [9.17, 15) is 5.11 Å². The van der Waals surface area contributed by atoms with Gasteiger partial charge in [0.15, 0.2) is 5.82 Å². The topological polar surface area (TPSA) is 83.3 Å². The fourth-order valence-electron chi connectivity index (χ4n) is 3.90. The number of hydrogen-bond acceptors (Lipinski definition) is 6. The van der Waals surface area contributed by atoms with Crippen molar-refractivity contribution >= 4 is 23.2 Å². The molecule has 6 nitrogen and oxygen atoms in total. The van der Waals surface area contributed by atoms with Gasteiger partial charge in [-0.05, 0) is 49.4 Å². The molecule has 2 aromatic carbocycles. The fraction of sp³-hybridized carbons (Fsp3) is 0.185. The molecule has 1 fully saturated rings. The van der Waals surface area contributed by atoms with Crippen LogP contribution < -0.4 is 5.32 Å². The Hall–Kier alpha value is -3.90. The lowest BCUT2D eigenvalue weighted by Gasteiger charge is -2.18. The Bertz CT molecular complexity index is 1230. The Morgan fingerprint density at radius 1 is 0.788 bits per heavy atom. The molecule has 2 heterocycles. The Labute approximate surface area is 193 Å². The van der Waals surface area contributed by atoms with Crippen LogP contribution in [-0.4, -0.2) is 31.9 Å². The number of rotatable bonds is 5. The van der Waals surface area contributed by atoms with Crippen molar-refractivity contribution in [3.8, 4) is 22.4 Å². The van der Waals surface area contributed by atoms with E-state index in [1.54, 1.807) is 6.20 Å². The van der Waals surface area contributed by atoms with Gasteiger partial charge in [0.2, 0.25) is 5.95 Å². The summed E-state index contributed by atoms with van der Waals surface area (Å²) in [5, 5.41) is 13.1. The molecule has 4 aromatic rings. The highest BCUT2D eigenvalue weighted by Crippen LogP contribution is 2.31. The molecule has 0 saturated heterocycles. The van der Waals surface area contributed by atoms with Crippen LogP contribution >= 0.6 is 0 Å². The van der Waals surface area contributed by atoms with Gasteiger partial charge in [-0.15, -0.1) is 0 Å². The molecular formula is C27H25N5O. The number of nitrogens with one attached hydrogen (secondary N) is 1. The summed E-state index contributed by atoms with van der Waals surface area (Å²) in [7, 11) is 0. The number of pyridine rings is 1. The van der Waals surface area contributed by atoms with Crippen LogP contribution in [0.4, 0.5) is 17.5 Å². The second-order valence-corrected chi connectivity index (χ2v) is 8.13. The van der Waals surface area contributed by atoms with Gasteiger partial charge >= 0.3 is 0 Å². The van der Waals surface area contributed by atoms with Crippen molar-refractivity contribution in [2.24, 2.45) is 4.99 Å². The standard InChI is InChI=1S/C27H25N5O/c33-23-14-12-22(13-15-23)30-26-24(18-29-27(32-26)31-21-9-5-2-6-10-21)25-16-11-20(17-28-25)19-7-3-1-4-8-19/h1-11,16-18,23,33H,12-15H2,(H,29,31,32). The third-order valence-electron chi connectivity index (χ3n) is 5.74. The molecule has 2 aromatic heterocycles. The molecule has 0 atom stereocenters. The molecule has 5 rings (SSSR count). The molecule has 0 amide bonds. The van der Waals surface area contributed by atoms with Crippen LogP contribution in [-0.2, 0) is 0 Å². The molecular weight excluding hydrogens is 410 g/mol. The molecule has 1 saturated carbocycles. The van der Waals surface area contributed by atoms with E-state index in [0.717, 1.165) is 59.5 Å². The highest BCUT2D eigenvalue weighted by atomic mass is 16.3. The number of aliphatic hydroxyl groups is 1. The van der Waals surface area contributed by atoms with Gasteiger partial charge in [-0.2, -0.15) is 4.98 Å². The number of para-hydroxylation sites is 1. The number of hydrogen-bond donors (Lipinski definition) is 2. The second-order valence-electron chi connectivity index (χ2n) is 8.13. The third-order valence-corrected chi connectivity index (χ3v) is 5.74. The number of anilines is 2. The molecule has 0 aliphatic heterocycles. The van der Waals surface area contributed by atoms with E-state index in [-0.39, 0.29) is 6.10 Å². The molecule has 0 bridgehead atoms. The number of aliphatic hydroxyl groups excluding tert-OH is 1. The number of nitrogens with zero attached hydrogens (tertiary/aromatic N) is 4. The van der Waals surface area contributed by atoms with Gasteiger partial charge in [0.25, 0.3) is 0 Å². The molecule has 6 heteroatoms. The van der Waals surface area contributed by atoms with Crippen molar-refractivity contribution in [3.05, 3.63) is 85.2 Å². The van der Waals surface area contributed by atoms with Crippen molar-refractivity contribution in [1.29, 1.82) is 0 Å². The fourth-order valence-corrected chi connectivity index (χ4v) is 3.90. The lowest BCUT2D eigenvalue weighted by molar-refractivity contribution is 0.152. The lowest BCUT2D eigenvalue weighted by atomic mass is 9.96. The zero-order valence-electron chi connectivity index (χ0n) is 18.2. The first-order valence-corrected chi connectivity index (χ1v) is 11.2. The van der Waals surface area contributed by atoms with E-state index >= 15 is 0 Å². The van der Waals surface area contributed by atoms with E-state index in [4.69, 9.17) is 15.0 Å². The highest BCUT2D eigenvalue weighted by molar-refractivity contribution is 5.89. The Morgan fingerprint density at radius 3 is 2.21 bits per heavy atom. The summed E-state index contributed by atoms with van der Waals surface area (Å²) in [6.45, 7) is 0. The summed E-state index contributed by atoms with van der Waals surface area (Å²) < 4.78 is 0. The van der Waals surface area contributed by atoms with Crippen LogP contribution in [0.2, 0.25) is 0 Å². The first kappa shape index (κ1) is 21.0. The van der Waals surface area contributed by atoms with Crippen molar-refractivity contribution in [2.75, 3.05) is 5.32 Å². The molecule has 2 N–H and O–H groups in total. The number of aromatic nitrogens is 3. The van der Waals surface area contributed by atoms with Gasteiger partial charge in [0, 0.05) is 29.4 Å². The van der Waals surface area contributed by atoms with Gasteiger partial charge in [-0.1, -0.05) is 54.6 Å². The molecule has 0 unspecified atom stereocenters.